The smallest absolute Gasteiger partial charge is 0.255 e. The van der Waals surface area contributed by atoms with Crippen LogP contribution in [0.3, 0.4) is 0 Å². The number of nitrogens with zero attached hydrogens (tertiary/aromatic N) is 1. The number of ether oxygens (including phenoxy) is 1. The minimum atomic E-state index is -3.66. The zero-order valence-electron chi connectivity index (χ0n) is 18.8. The van der Waals surface area contributed by atoms with E-state index < -0.39 is 22.0 Å². The summed E-state index contributed by atoms with van der Waals surface area (Å²) in [6, 6.07) is 21.6. The molecule has 0 saturated carbocycles. The van der Waals surface area contributed by atoms with Gasteiger partial charge in [-0.05, 0) is 54.7 Å². The molecule has 6 nitrogen and oxygen atoms in total. The number of aryl methyl sites for hydroxylation is 1. The van der Waals surface area contributed by atoms with Crippen LogP contribution in [-0.4, -0.2) is 38.8 Å². The third kappa shape index (κ3) is 4.79. The third-order valence-electron chi connectivity index (χ3n) is 6.03. The Hall–Kier alpha value is -3.16. The van der Waals surface area contributed by atoms with Gasteiger partial charge in [-0.15, -0.1) is 0 Å². The molecule has 1 heterocycles. The Bertz CT molecular complexity index is 1240. The van der Waals surface area contributed by atoms with Crippen molar-refractivity contribution in [2.45, 2.75) is 30.7 Å². The molecule has 0 bridgehead atoms. The van der Waals surface area contributed by atoms with Gasteiger partial charge in [-0.1, -0.05) is 54.6 Å². The molecule has 0 radical (unpaired) electrons. The molecule has 3 aromatic carbocycles. The highest BCUT2D eigenvalue weighted by molar-refractivity contribution is 7.89. The van der Waals surface area contributed by atoms with Crippen LogP contribution in [0.15, 0.2) is 77.7 Å². The topological polar surface area (TPSA) is 75.7 Å². The minimum Gasteiger partial charge on any atom is -0.496 e. The van der Waals surface area contributed by atoms with Crippen molar-refractivity contribution < 1.29 is 17.9 Å². The summed E-state index contributed by atoms with van der Waals surface area (Å²) < 4.78 is 33.0. The number of methoxy groups -OCH3 is 1. The van der Waals surface area contributed by atoms with E-state index in [0.717, 1.165) is 29.5 Å². The Labute approximate surface area is 195 Å². The number of carbonyl (C=O) groups excluding carboxylic acids is 1. The third-order valence-corrected chi connectivity index (χ3v) is 7.92. The Balaban J connectivity index is 1.72. The van der Waals surface area contributed by atoms with E-state index in [2.05, 4.69) is 5.32 Å². The standard InChI is InChI=1S/C26H28N2O4S/c1-19-10-6-7-13-22(19)25(20-11-4-3-5-12-20)27-26(29)23-18-21(14-15-24(23)32-2)33(30,31)28-16-8-9-17-28/h3-7,10-15,18,25H,8-9,16-17H2,1-2H3,(H,27,29). The van der Waals surface area contributed by atoms with Crippen LogP contribution in [0.2, 0.25) is 0 Å². The highest BCUT2D eigenvalue weighted by Gasteiger charge is 2.29. The lowest BCUT2D eigenvalue weighted by Gasteiger charge is -2.23. The van der Waals surface area contributed by atoms with Gasteiger partial charge in [0, 0.05) is 13.1 Å². The van der Waals surface area contributed by atoms with Gasteiger partial charge in [-0.3, -0.25) is 4.79 Å². The van der Waals surface area contributed by atoms with Gasteiger partial charge < -0.3 is 10.1 Å². The van der Waals surface area contributed by atoms with Crippen LogP contribution in [0.4, 0.5) is 0 Å². The molecule has 1 fully saturated rings. The first-order valence-electron chi connectivity index (χ1n) is 11.0. The Morgan fingerprint density at radius 1 is 0.970 bits per heavy atom. The highest BCUT2D eigenvalue weighted by atomic mass is 32.2. The Morgan fingerprint density at radius 2 is 1.64 bits per heavy atom. The molecular formula is C26H28N2O4S. The van der Waals surface area contributed by atoms with Crippen molar-refractivity contribution in [3.63, 3.8) is 0 Å². The number of carbonyl (C=O) groups is 1. The monoisotopic (exact) mass is 464 g/mol. The van der Waals surface area contributed by atoms with E-state index in [1.54, 1.807) is 6.07 Å². The summed E-state index contributed by atoms with van der Waals surface area (Å²) in [6.45, 7) is 3.00. The first-order valence-corrected chi connectivity index (χ1v) is 12.5. The van der Waals surface area contributed by atoms with Crippen LogP contribution in [0.25, 0.3) is 0 Å². The minimum absolute atomic E-state index is 0.0995. The van der Waals surface area contributed by atoms with Gasteiger partial charge in [-0.25, -0.2) is 8.42 Å². The lowest BCUT2D eigenvalue weighted by atomic mass is 9.94. The maximum Gasteiger partial charge on any atom is 0.255 e. The van der Waals surface area contributed by atoms with E-state index in [-0.39, 0.29) is 10.5 Å². The molecule has 0 spiro atoms. The second kappa shape index (κ2) is 9.77. The van der Waals surface area contributed by atoms with Gasteiger partial charge >= 0.3 is 0 Å². The zero-order chi connectivity index (χ0) is 23.4. The molecule has 0 aromatic heterocycles. The maximum absolute atomic E-state index is 13.5. The number of sulfonamides is 1. The fourth-order valence-electron chi connectivity index (χ4n) is 4.21. The van der Waals surface area contributed by atoms with Crippen LogP contribution in [0, 0.1) is 6.92 Å². The summed E-state index contributed by atoms with van der Waals surface area (Å²) in [5.74, 6) is -0.0769. The van der Waals surface area contributed by atoms with Crippen molar-refractivity contribution >= 4 is 15.9 Å². The van der Waals surface area contributed by atoms with Gasteiger partial charge in [0.1, 0.15) is 5.75 Å². The number of amides is 1. The quantitative estimate of drug-likeness (QED) is 0.565. The van der Waals surface area contributed by atoms with E-state index in [9.17, 15) is 13.2 Å². The van der Waals surface area contributed by atoms with Gasteiger partial charge in [-0.2, -0.15) is 4.31 Å². The van der Waals surface area contributed by atoms with Crippen LogP contribution >= 0.6 is 0 Å². The van der Waals surface area contributed by atoms with Crippen LogP contribution in [0.1, 0.15) is 45.9 Å². The lowest BCUT2D eigenvalue weighted by Crippen LogP contribution is -2.31. The molecule has 33 heavy (non-hydrogen) atoms. The van der Waals surface area contributed by atoms with Gasteiger partial charge in [0.2, 0.25) is 10.0 Å². The van der Waals surface area contributed by atoms with Crippen molar-refractivity contribution in [3.05, 3.63) is 95.1 Å². The number of nitrogens with one attached hydrogen (secondary N) is 1. The molecule has 0 aliphatic carbocycles. The molecule has 1 N–H and O–H groups in total. The zero-order valence-corrected chi connectivity index (χ0v) is 19.6. The molecule has 1 aliphatic heterocycles. The van der Waals surface area contributed by atoms with E-state index in [4.69, 9.17) is 4.74 Å². The van der Waals surface area contributed by atoms with Crippen molar-refractivity contribution in [2.75, 3.05) is 20.2 Å². The second-order valence-corrected chi connectivity index (χ2v) is 10.1. The summed E-state index contributed by atoms with van der Waals surface area (Å²) in [6.07, 6.45) is 1.69. The summed E-state index contributed by atoms with van der Waals surface area (Å²) in [5.41, 5.74) is 3.13. The van der Waals surface area contributed by atoms with E-state index >= 15 is 0 Å². The highest BCUT2D eigenvalue weighted by Crippen LogP contribution is 2.29. The van der Waals surface area contributed by atoms with Crippen molar-refractivity contribution in [3.8, 4) is 5.75 Å². The van der Waals surface area contributed by atoms with Gasteiger partial charge in [0.05, 0.1) is 23.6 Å². The van der Waals surface area contributed by atoms with Crippen LogP contribution in [0.5, 0.6) is 5.75 Å². The number of hydrogen-bond acceptors (Lipinski definition) is 4. The van der Waals surface area contributed by atoms with Crippen LogP contribution < -0.4 is 10.1 Å². The Morgan fingerprint density at radius 3 is 2.30 bits per heavy atom. The molecule has 1 saturated heterocycles. The fraction of sp³-hybridized carbons (Fsp3) is 0.269. The van der Waals surface area contributed by atoms with Crippen LogP contribution in [-0.2, 0) is 10.0 Å². The first kappa shape index (κ1) is 23.0. The molecule has 1 unspecified atom stereocenters. The lowest BCUT2D eigenvalue weighted by molar-refractivity contribution is 0.0939. The van der Waals surface area contributed by atoms with Crippen molar-refractivity contribution in [2.24, 2.45) is 0 Å². The van der Waals surface area contributed by atoms with Gasteiger partial charge in [0.25, 0.3) is 5.91 Å². The first-order chi connectivity index (χ1) is 15.9. The fourth-order valence-corrected chi connectivity index (χ4v) is 5.75. The maximum atomic E-state index is 13.5. The van der Waals surface area contributed by atoms with E-state index in [0.29, 0.717) is 18.8 Å². The molecule has 1 atom stereocenters. The van der Waals surface area contributed by atoms with E-state index in [1.807, 2.05) is 61.5 Å². The van der Waals surface area contributed by atoms with Crippen molar-refractivity contribution in [1.29, 1.82) is 0 Å². The molecular weight excluding hydrogens is 436 g/mol. The normalized spacial score (nSPS) is 15.2. The number of hydrogen-bond donors (Lipinski definition) is 1. The number of rotatable bonds is 7. The van der Waals surface area contributed by atoms with Crippen molar-refractivity contribution in [1.82, 2.24) is 9.62 Å². The molecule has 1 amide bonds. The van der Waals surface area contributed by atoms with Gasteiger partial charge in [0.15, 0.2) is 0 Å². The summed E-state index contributed by atoms with van der Waals surface area (Å²) in [4.78, 5) is 13.6. The molecule has 172 valence electrons. The molecule has 7 heteroatoms. The second-order valence-electron chi connectivity index (χ2n) is 8.15. The summed E-state index contributed by atoms with van der Waals surface area (Å²) in [5, 5.41) is 3.10. The van der Waals surface area contributed by atoms with E-state index in [1.165, 1.54) is 23.5 Å². The predicted octanol–water partition coefficient (Wildman–Crippen LogP) is 4.31. The summed E-state index contributed by atoms with van der Waals surface area (Å²) in [7, 11) is -2.19. The molecule has 3 aromatic rings. The SMILES string of the molecule is COc1ccc(S(=O)(=O)N2CCCC2)cc1C(=O)NC(c1ccccc1)c1ccccc1C. The average molecular weight is 465 g/mol. The molecule has 1 aliphatic rings. The molecule has 4 rings (SSSR count). The summed E-state index contributed by atoms with van der Waals surface area (Å²) >= 11 is 0. The average Bonchev–Trinajstić information content (AvgIpc) is 3.39. The predicted molar refractivity (Wildman–Crippen MR) is 128 cm³/mol. The largest absolute Gasteiger partial charge is 0.496 e. The number of benzene rings is 3. The Kier molecular flexibility index (Phi) is 6.81.